The van der Waals surface area contributed by atoms with Crippen LogP contribution in [-0.4, -0.2) is 8.07 Å². The second-order valence-electron chi connectivity index (χ2n) is 11.6. The number of aromatic nitrogens is 1. The van der Waals surface area contributed by atoms with Gasteiger partial charge in [-0.15, -0.1) is 0 Å². The van der Waals surface area contributed by atoms with Gasteiger partial charge in [0.15, 0.2) is 6.20 Å². The third-order valence-electron chi connectivity index (χ3n) is 7.78. The number of aryl methyl sites for hydroxylation is 5. The van der Waals surface area contributed by atoms with Gasteiger partial charge in [-0.25, -0.2) is 4.57 Å². The van der Waals surface area contributed by atoms with Gasteiger partial charge >= 0.3 is 0 Å². The van der Waals surface area contributed by atoms with Crippen LogP contribution in [0.5, 0.6) is 0 Å². The zero-order chi connectivity index (χ0) is 35.8. The summed E-state index contributed by atoms with van der Waals surface area (Å²) in [4.78, 5) is 0. The summed E-state index contributed by atoms with van der Waals surface area (Å²) in [5.41, 5.74) is 3.77. The molecule has 6 aromatic rings. The predicted molar refractivity (Wildman–Crippen MR) is 173 cm³/mol. The van der Waals surface area contributed by atoms with Crippen molar-refractivity contribution in [3.63, 3.8) is 0 Å². The van der Waals surface area contributed by atoms with Crippen molar-refractivity contribution in [3.8, 4) is 33.5 Å². The van der Waals surface area contributed by atoms with Gasteiger partial charge in [0.25, 0.3) is 0 Å². The Bertz CT molecular complexity index is 2200. The van der Waals surface area contributed by atoms with Gasteiger partial charge < -0.3 is 4.42 Å². The number of hydrogen-bond donors (Lipinski definition) is 0. The number of nitrogens with zero attached hydrogens (tertiary/aromatic N) is 1. The Morgan fingerprint density at radius 1 is 0.700 bits per heavy atom. The first-order valence-electron chi connectivity index (χ1n) is 17.9. The lowest BCUT2D eigenvalue weighted by Crippen LogP contribution is -2.37. The van der Waals surface area contributed by atoms with Gasteiger partial charge in [-0.2, -0.15) is 0 Å². The van der Waals surface area contributed by atoms with E-state index in [2.05, 4.69) is 19.6 Å². The summed E-state index contributed by atoms with van der Waals surface area (Å²) in [5.74, 6) is 0. The van der Waals surface area contributed by atoms with E-state index in [1.807, 2.05) is 67.6 Å². The van der Waals surface area contributed by atoms with Crippen molar-refractivity contribution in [2.24, 2.45) is 7.05 Å². The molecule has 0 bridgehead atoms. The van der Waals surface area contributed by atoms with Gasteiger partial charge in [-0.05, 0) is 72.5 Å². The highest BCUT2D eigenvalue weighted by atomic mass is 28.3. The van der Waals surface area contributed by atoms with E-state index in [-0.39, 0.29) is 27.8 Å². The van der Waals surface area contributed by atoms with Crippen LogP contribution in [0.3, 0.4) is 0 Å². The van der Waals surface area contributed by atoms with Crippen LogP contribution in [0.1, 0.15) is 34.6 Å². The Labute approximate surface area is 251 Å². The minimum Gasteiger partial charge on any atom is -0.455 e. The Kier molecular flexibility index (Phi) is 4.24. The molecule has 0 spiro atoms. The van der Waals surface area contributed by atoms with Crippen molar-refractivity contribution in [3.05, 3.63) is 107 Å². The standard InChI is InChI=1S/C37H38NOSi/c1-23-13-18-31-30-11-9-10-12-34(30)39-37(31)36(23)33-21-32(26(4)22-38(33)5)35-24(2)19-28(20-25(35)3)27-14-16-29(17-15-27)40(6,7)8/h9-22H,1-8H3/q+1/i2D3,3D3,4D3. The van der Waals surface area contributed by atoms with Crippen molar-refractivity contribution in [1.82, 2.24) is 0 Å². The van der Waals surface area contributed by atoms with Crippen LogP contribution in [0.4, 0.5) is 0 Å². The minimum absolute atomic E-state index is 0.0264. The van der Waals surface area contributed by atoms with Crippen LogP contribution in [0.2, 0.25) is 19.6 Å². The smallest absolute Gasteiger partial charge is 0.216 e. The zero-order valence-electron chi connectivity index (χ0n) is 32.4. The number of pyridine rings is 1. The lowest BCUT2D eigenvalue weighted by atomic mass is 9.89. The number of rotatable bonds is 4. The van der Waals surface area contributed by atoms with E-state index in [0.29, 0.717) is 33.6 Å². The molecule has 0 aliphatic heterocycles. The molecule has 0 saturated carbocycles. The van der Waals surface area contributed by atoms with E-state index >= 15 is 0 Å². The Balaban J connectivity index is 1.71. The highest BCUT2D eigenvalue weighted by molar-refractivity contribution is 6.88. The molecule has 6 rings (SSSR count). The van der Waals surface area contributed by atoms with E-state index in [0.717, 1.165) is 16.3 Å². The number of hydrogen-bond acceptors (Lipinski definition) is 1. The van der Waals surface area contributed by atoms with Crippen LogP contribution >= 0.6 is 0 Å². The molecule has 0 aliphatic rings. The van der Waals surface area contributed by atoms with E-state index in [4.69, 9.17) is 16.8 Å². The quantitative estimate of drug-likeness (QED) is 0.158. The van der Waals surface area contributed by atoms with Crippen molar-refractivity contribution in [2.45, 2.75) is 47.1 Å². The normalized spacial score (nSPS) is 16.3. The third kappa shape index (κ3) is 4.39. The molecule has 2 aromatic heterocycles. The molecule has 0 unspecified atom stereocenters. The minimum atomic E-state index is -2.78. The summed E-state index contributed by atoms with van der Waals surface area (Å²) >= 11 is 0. The number of para-hydroxylation sites is 1. The maximum Gasteiger partial charge on any atom is 0.216 e. The van der Waals surface area contributed by atoms with Gasteiger partial charge in [0.1, 0.15) is 18.2 Å². The van der Waals surface area contributed by atoms with E-state index < -0.39 is 28.6 Å². The summed E-state index contributed by atoms with van der Waals surface area (Å²) in [6, 6.07) is 24.0. The van der Waals surface area contributed by atoms with Crippen LogP contribution < -0.4 is 9.75 Å². The van der Waals surface area contributed by atoms with E-state index in [1.54, 1.807) is 17.7 Å². The fourth-order valence-corrected chi connectivity index (χ4v) is 6.74. The number of benzene rings is 4. The maximum atomic E-state index is 8.62. The molecule has 0 fully saturated rings. The largest absolute Gasteiger partial charge is 0.455 e. The first kappa shape index (κ1) is 17.7. The molecule has 3 heteroatoms. The fraction of sp³-hybridized carbons (Fsp3) is 0.216. The SMILES string of the molecule is [2H]C([2H])([2H])c1c[n+](C)c(-c2c(C)ccc3c2oc2ccccc23)cc1-c1c(C([2H])([2H])[2H])cc(-c2ccc([Si](C)(C)C)cc2)cc1C([2H])([2H])[2H]. The highest BCUT2D eigenvalue weighted by Crippen LogP contribution is 2.39. The molecule has 0 saturated heterocycles. The highest BCUT2D eigenvalue weighted by Gasteiger charge is 2.24. The molecule has 0 aliphatic carbocycles. The van der Waals surface area contributed by atoms with Gasteiger partial charge in [0, 0.05) is 34.7 Å². The Morgan fingerprint density at radius 3 is 2.08 bits per heavy atom. The topological polar surface area (TPSA) is 17.0 Å². The van der Waals surface area contributed by atoms with Gasteiger partial charge in [-0.1, -0.05) is 91.6 Å². The molecule has 0 amide bonds. The number of furan rings is 1. The predicted octanol–water partition coefficient (Wildman–Crippen LogP) is 9.19. The summed E-state index contributed by atoms with van der Waals surface area (Å²) in [5, 5.41) is 3.00. The summed E-state index contributed by atoms with van der Waals surface area (Å²) in [6.45, 7) is 0.346. The first-order chi connectivity index (χ1) is 22.7. The van der Waals surface area contributed by atoms with Crippen molar-refractivity contribution in [1.29, 1.82) is 0 Å². The van der Waals surface area contributed by atoms with Gasteiger partial charge in [0.05, 0.1) is 13.6 Å². The maximum absolute atomic E-state index is 8.62. The number of fused-ring (bicyclic) bond motifs is 3. The average molecular weight is 550 g/mol. The van der Waals surface area contributed by atoms with Crippen molar-refractivity contribution in [2.75, 3.05) is 0 Å². The van der Waals surface area contributed by atoms with E-state index in [9.17, 15) is 0 Å². The summed E-state index contributed by atoms with van der Waals surface area (Å²) < 4.78 is 85.3. The van der Waals surface area contributed by atoms with Gasteiger partial charge in [-0.3, -0.25) is 0 Å². The molecular weight excluding hydrogens is 502 g/mol. The lowest BCUT2D eigenvalue weighted by Gasteiger charge is -2.18. The van der Waals surface area contributed by atoms with Crippen LogP contribution in [0.25, 0.3) is 55.4 Å². The summed E-state index contributed by atoms with van der Waals surface area (Å²) in [6.07, 6.45) is 1.45. The lowest BCUT2D eigenvalue weighted by molar-refractivity contribution is -0.660. The first-order valence-corrected chi connectivity index (χ1v) is 16.9. The molecule has 2 nitrogen and oxygen atoms in total. The Hall–Kier alpha value is -3.95. The van der Waals surface area contributed by atoms with Gasteiger partial charge in [0.2, 0.25) is 5.69 Å². The van der Waals surface area contributed by atoms with Crippen molar-refractivity contribution >= 4 is 35.2 Å². The zero-order valence-corrected chi connectivity index (χ0v) is 24.4. The monoisotopic (exact) mass is 549 g/mol. The molecule has 0 N–H and O–H groups in total. The average Bonchev–Trinajstić information content (AvgIpc) is 3.37. The Morgan fingerprint density at radius 2 is 1.40 bits per heavy atom. The molecular formula is C37H38NOSi+. The molecule has 2 heterocycles. The molecule has 4 aromatic carbocycles. The van der Waals surface area contributed by atoms with Crippen molar-refractivity contribution < 1.29 is 21.3 Å². The molecule has 0 radical (unpaired) electrons. The molecule has 200 valence electrons. The summed E-state index contributed by atoms with van der Waals surface area (Å²) in [7, 11) is 0.0925. The molecule has 0 atom stereocenters. The van der Waals surface area contributed by atoms with E-state index in [1.165, 1.54) is 23.5 Å². The molecule has 40 heavy (non-hydrogen) atoms. The van der Waals surface area contributed by atoms with Crippen LogP contribution in [-0.2, 0) is 7.05 Å². The van der Waals surface area contributed by atoms with Crippen LogP contribution in [0.15, 0.2) is 89.5 Å². The third-order valence-corrected chi connectivity index (χ3v) is 9.84. The van der Waals surface area contributed by atoms with Crippen LogP contribution in [0, 0.1) is 27.5 Å². The second-order valence-corrected chi connectivity index (χ2v) is 16.7. The fourth-order valence-electron chi connectivity index (χ4n) is 5.57. The second kappa shape index (κ2) is 9.60.